The molecule has 1 N–H and O–H groups in total. The lowest BCUT2D eigenvalue weighted by molar-refractivity contribution is 0.102. The molecule has 20 heavy (non-hydrogen) atoms. The van der Waals surface area contributed by atoms with Gasteiger partial charge in [0.25, 0.3) is 5.91 Å². The first kappa shape index (κ1) is 14.6. The SMILES string of the molecule is Cc1ccc(C(=O)Nc2cc(Cl)ccc2C#N)c(Br)c1. The van der Waals surface area contributed by atoms with Crippen LogP contribution in [-0.2, 0) is 0 Å². The van der Waals surface area contributed by atoms with Gasteiger partial charge in [0.2, 0.25) is 0 Å². The number of halogens is 2. The fourth-order valence-corrected chi connectivity index (χ4v) is 2.56. The van der Waals surface area contributed by atoms with Crippen LogP contribution in [0.5, 0.6) is 0 Å². The number of benzene rings is 2. The molecular formula is C15H10BrClN2O. The van der Waals surface area contributed by atoms with E-state index >= 15 is 0 Å². The molecule has 0 saturated carbocycles. The summed E-state index contributed by atoms with van der Waals surface area (Å²) < 4.78 is 0.704. The van der Waals surface area contributed by atoms with E-state index in [0.717, 1.165) is 5.56 Å². The van der Waals surface area contributed by atoms with Gasteiger partial charge in [0.1, 0.15) is 6.07 Å². The third kappa shape index (κ3) is 3.19. The van der Waals surface area contributed by atoms with Crippen LogP contribution in [-0.4, -0.2) is 5.91 Å². The minimum absolute atomic E-state index is 0.296. The molecular weight excluding hydrogens is 340 g/mol. The summed E-state index contributed by atoms with van der Waals surface area (Å²) in [5.74, 6) is -0.296. The van der Waals surface area contributed by atoms with Crippen LogP contribution >= 0.6 is 27.5 Å². The summed E-state index contributed by atoms with van der Waals surface area (Å²) in [6, 6.07) is 12.2. The number of rotatable bonds is 2. The van der Waals surface area contributed by atoms with Crippen LogP contribution in [0.4, 0.5) is 5.69 Å². The number of nitriles is 1. The Kier molecular flexibility index (Phi) is 4.43. The van der Waals surface area contributed by atoms with E-state index in [4.69, 9.17) is 16.9 Å². The van der Waals surface area contributed by atoms with Crippen molar-refractivity contribution in [1.82, 2.24) is 0 Å². The average Bonchev–Trinajstić information content (AvgIpc) is 2.38. The Labute approximate surface area is 130 Å². The van der Waals surface area contributed by atoms with Crippen LogP contribution in [0.15, 0.2) is 40.9 Å². The van der Waals surface area contributed by atoms with Gasteiger partial charge in [0.05, 0.1) is 16.8 Å². The molecule has 0 aliphatic rings. The predicted octanol–water partition coefficient (Wildman–Crippen LogP) is 4.53. The van der Waals surface area contributed by atoms with Crippen molar-refractivity contribution >= 4 is 39.1 Å². The molecule has 0 atom stereocenters. The number of anilines is 1. The highest BCUT2D eigenvalue weighted by molar-refractivity contribution is 9.10. The Bertz CT molecular complexity index is 722. The second kappa shape index (κ2) is 6.08. The van der Waals surface area contributed by atoms with Crippen LogP contribution in [0.2, 0.25) is 5.02 Å². The first-order valence-electron chi connectivity index (χ1n) is 5.78. The number of carbonyl (C=O) groups is 1. The first-order chi connectivity index (χ1) is 9.51. The van der Waals surface area contributed by atoms with Gasteiger partial charge in [-0.15, -0.1) is 0 Å². The van der Waals surface area contributed by atoms with Crippen LogP contribution in [0.3, 0.4) is 0 Å². The largest absolute Gasteiger partial charge is 0.321 e. The fraction of sp³-hybridized carbons (Fsp3) is 0.0667. The quantitative estimate of drug-likeness (QED) is 0.865. The van der Waals surface area contributed by atoms with E-state index in [-0.39, 0.29) is 5.91 Å². The second-order valence-electron chi connectivity index (χ2n) is 4.24. The molecule has 0 aliphatic carbocycles. The van der Waals surface area contributed by atoms with E-state index in [9.17, 15) is 4.79 Å². The molecule has 0 fully saturated rings. The molecule has 1 amide bonds. The highest BCUT2D eigenvalue weighted by Crippen LogP contribution is 2.23. The Balaban J connectivity index is 2.33. The van der Waals surface area contributed by atoms with E-state index in [2.05, 4.69) is 21.2 Å². The van der Waals surface area contributed by atoms with Gasteiger partial charge in [-0.05, 0) is 58.7 Å². The van der Waals surface area contributed by atoms with E-state index in [1.165, 1.54) is 0 Å². The number of nitrogens with one attached hydrogen (secondary N) is 1. The lowest BCUT2D eigenvalue weighted by atomic mass is 10.1. The van der Waals surface area contributed by atoms with Crippen LogP contribution in [0.1, 0.15) is 21.5 Å². The standard InChI is InChI=1S/C15H10BrClN2O/c1-9-2-5-12(13(16)6-9)15(20)19-14-7-11(17)4-3-10(14)8-18/h2-7H,1H3,(H,19,20). The predicted molar refractivity (Wildman–Crippen MR) is 83.0 cm³/mol. The maximum Gasteiger partial charge on any atom is 0.256 e. The van der Waals surface area contributed by atoms with Gasteiger partial charge in [0.15, 0.2) is 0 Å². The van der Waals surface area contributed by atoms with Crippen molar-refractivity contribution in [3.63, 3.8) is 0 Å². The zero-order chi connectivity index (χ0) is 14.7. The maximum absolute atomic E-state index is 12.2. The summed E-state index contributed by atoms with van der Waals surface area (Å²) in [5, 5.41) is 12.2. The van der Waals surface area contributed by atoms with Crippen LogP contribution in [0, 0.1) is 18.3 Å². The average molecular weight is 350 g/mol. The molecule has 2 aromatic carbocycles. The number of hydrogen-bond acceptors (Lipinski definition) is 2. The number of aryl methyl sites for hydroxylation is 1. The van der Waals surface area contributed by atoms with Crippen molar-refractivity contribution in [2.45, 2.75) is 6.92 Å². The van der Waals surface area contributed by atoms with Gasteiger partial charge in [-0.2, -0.15) is 5.26 Å². The minimum Gasteiger partial charge on any atom is -0.321 e. The van der Waals surface area contributed by atoms with Gasteiger partial charge in [-0.25, -0.2) is 0 Å². The summed E-state index contributed by atoms with van der Waals surface area (Å²) in [7, 11) is 0. The van der Waals surface area contributed by atoms with Crippen molar-refractivity contribution in [3.8, 4) is 6.07 Å². The molecule has 0 heterocycles. The number of hydrogen-bond donors (Lipinski definition) is 1. The maximum atomic E-state index is 12.2. The number of carbonyl (C=O) groups excluding carboxylic acids is 1. The van der Waals surface area contributed by atoms with Crippen molar-refractivity contribution in [2.75, 3.05) is 5.32 Å². The second-order valence-corrected chi connectivity index (χ2v) is 5.53. The third-order valence-electron chi connectivity index (χ3n) is 2.72. The van der Waals surface area contributed by atoms with E-state index in [1.54, 1.807) is 24.3 Å². The lowest BCUT2D eigenvalue weighted by Crippen LogP contribution is -2.13. The Hall–Kier alpha value is -1.83. The summed E-state index contributed by atoms with van der Waals surface area (Å²) >= 11 is 9.24. The lowest BCUT2D eigenvalue weighted by Gasteiger charge is -2.09. The molecule has 0 unspecified atom stereocenters. The Morgan fingerprint density at radius 1 is 1.30 bits per heavy atom. The van der Waals surface area contributed by atoms with Gasteiger partial charge in [-0.3, -0.25) is 4.79 Å². The fourth-order valence-electron chi connectivity index (χ4n) is 1.71. The highest BCUT2D eigenvalue weighted by atomic mass is 79.9. The van der Waals surface area contributed by atoms with Crippen molar-refractivity contribution in [2.24, 2.45) is 0 Å². The smallest absolute Gasteiger partial charge is 0.256 e. The summed E-state index contributed by atoms with van der Waals surface area (Å²) in [4.78, 5) is 12.2. The topological polar surface area (TPSA) is 52.9 Å². The molecule has 100 valence electrons. The first-order valence-corrected chi connectivity index (χ1v) is 6.95. The molecule has 0 bridgehead atoms. The Morgan fingerprint density at radius 2 is 2.05 bits per heavy atom. The van der Waals surface area contributed by atoms with Gasteiger partial charge in [0, 0.05) is 9.50 Å². The zero-order valence-corrected chi connectivity index (χ0v) is 12.9. The summed E-state index contributed by atoms with van der Waals surface area (Å²) in [6.45, 7) is 1.94. The summed E-state index contributed by atoms with van der Waals surface area (Å²) in [5.41, 5.74) is 2.32. The van der Waals surface area contributed by atoms with Crippen molar-refractivity contribution in [1.29, 1.82) is 5.26 Å². The van der Waals surface area contributed by atoms with E-state index < -0.39 is 0 Å². The normalized spacial score (nSPS) is 9.90. The molecule has 2 aromatic rings. The molecule has 0 aliphatic heterocycles. The zero-order valence-electron chi connectivity index (χ0n) is 10.6. The Morgan fingerprint density at radius 3 is 2.70 bits per heavy atom. The molecule has 0 aromatic heterocycles. The molecule has 2 rings (SSSR count). The molecule has 0 saturated heterocycles. The molecule has 0 radical (unpaired) electrons. The van der Waals surface area contributed by atoms with Crippen molar-refractivity contribution < 1.29 is 4.79 Å². The third-order valence-corrected chi connectivity index (χ3v) is 3.61. The number of amides is 1. The highest BCUT2D eigenvalue weighted by Gasteiger charge is 2.12. The van der Waals surface area contributed by atoms with Gasteiger partial charge < -0.3 is 5.32 Å². The van der Waals surface area contributed by atoms with Gasteiger partial charge >= 0.3 is 0 Å². The number of nitrogens with zero attached hydrogens (tertiary/aromatic N) is 1. The minimum atomic E-state index is -0.296. The van der Waals surface area contributed by atoms with Crippen LogP contribution < -0.4 is 5.32 Å². The van der Waals surface area contributed by atoms with E-state index in [1.807, 2.05) is 25.1 Å². The van der Waals surface area contributed by atoms with Gasteiger partial charge in [-0.1, -0.05) is 17.7 Å². The van der Waals surface area contributed by atoms with E-state index in [0.29, 0.717) is 26.3 Å². The molecule has 3 nitrogen and oxygen atoms in total. The molecule has 5 heteroatoms. The van der Waals surface area contributed by atoms with Crippen molar-refractivity contribution in [3.05, 3.63) is 62.6 Å². The summed E-state index contributed by atoms with van der Waals surface area (Å²) in [6.07, 6.45) is 0. The molecule has 0 spiro atoms. The monoisotopic (exact) mass is 348 g/mol. The van der Waals surface area contributed by atoms with Crippen LogP contribution in [0.25, 0.3) is 0 Å².